The number of carbonyl (C=O) groups excluding carboxylic acids is 2. The van der Waals surface area contributed by atoms with Crippen LogP contribution in [0.5, 0.6) is 0 Å². The highest BCUT2D eigenvalue weighted by Crippen LogP contribution is 2.49. The fraction of sp³-hybridized carbons (Fsp3) is 0.440. The van der Waals surface area contributed by atoms with E-state index in [-0.39, 0.29) is 17.8 Å². The molecular formula is C25H29ClN2O3. The van der Waals surface area contributed by atoms with Gasteiger partial charge in [0.15, 0.2) is 0 Å². The summed E-state index contributed by atoms with van der Waals surface area (Å²) in [6, 6.07) is 15.5. The highest BCUT2D eigenvalue weighted by Gasteiger charge is 2.52. The lowest BCUT2D eigenvalue weighted by molar-refractivity contribution is -0.146. The zero-order valence-corrected chi connectivity index (χ0v) is 18.7. The molecule has 31 heavy (non-hydrogen) atoms. The van der Waals surface area contributed by atoms with Crippen LogP contribution in [-0.4, -0.2) is 36.5 Å². The summed E-state index contributed by atoms with van der Waals surface area (Å²) in [5, 5.41) is 3.79. The van der Waals surface area contributed by atoms with E-state index in [1.165, 1.54) is 5.56 Å². The number of benzene rings is 2. The normalized spacial score (nSPS) is 20.1. The fourth-order valence-electron chi connectivity index (χ4n) is 4.38. The lowest BCUT2D eigenvalue weighted by Gasteiger charge is -2.32. The van der Waals surface area contributed by atoms with Crippen LogP contribution in [0.1, 0.15) is 43.7 Å². The number of esters is 1. The van der Waals surface area contributed by atoms with Gasteiger partial charge in [-0.1, -0.05) is 35.9 Å². The quantitative estimate of drug-likeness (QED) is 0.629. The molecule has 2 aliphatic rings. The van der Waals surface area contributed by atoms with Gasteiger partial charge in [0.25, 0.3) is 0 Å². The number of hydrogen-bond acceptors (Lipinski definition) is 4. The van der Waals surface area contributed by atoms with Crippen LogP contribution >= 0.6 is 11.6 Å². The third-order valence-corrected chi connectivity index (χ3v) is 6.57. The Balaban J connectivity index is 1.33. The number of ether oxygens (including phenoxy) is 1. The summed E-state index contributed by atoms with van der Waals surface area (Å²) in [5.74, 6) is -0.120. The molecule has 0 bridgehead atoms. The van der Waals surface area contributed by atoms with E-state index in [1.54, 1.807) is 0 Å². The summed E-state index contributed by atoms with van der Waals surface area (Å²) in [4.78, 5) is 27.5. The minimum atomic E-state index is -0.482. The SMILES string of the molecule is CCOC(=O)C1(c2ccc(NC(=O)[C@@H]3CCCN(Cc4ccc(Cl)cc4)C3)cc2)CC1. The minimum Gasteiger partial charge on any atom is -0.465 e. The van der Waals surface area contributed by atoms with Gasteiger partial charge in [-0.05, 0) is 74.5 Å². The number of nitrogens with zero attached hydrogens (tertiary/aromatic N) is 1. The van der Waals surface area contributed by atoms with Crippen LogP contribution < -0.4 is 5.32 Å². The molecule has 6 heteroatoms. The van der Waals surface area contributed by atoms with Crippen LogP contribution in [0.4, 0.5) is 5.69 Å². The maximum Gasteiger partial charge on any atom is 0.316 e. The summed E-state index contributed by atoms with van der Waals surface area (Å²) in [5.41, 5.74) is 2.46. The summed E-state index contributed by atoms with van der Waals surface area (Å²) >= 11 is 5.97. The highest BCUT2D eigenvalue weighted by molar-refractivity contribution is 6.30. The van der Waals surface area contributed by atoms with Gasteiger partial charge in [-0.15, -0.1) is 0 Å². The third-order valence-electron chi connectivity index (χ3n) is 6.32. The van der Waals surface area contributed by atoms with Gasteiger partial charge in [-0.25, -0.2) is 0 Å². The first-order valence-corrected chi connectivity index (χ1v) is 11.4. The predicted octanol–water partition coefficient (Wildman–Crippen LogP) is 4.79. The first kappa shape index (κ1) is 21.8. The van der Waals surface area contributed by atoms with E-state index in [4.69, 9.17) is 16.3 Å². The second-order valence-electron chi connectivity index (χ2n) is 8.57. The van der Waals surface area contributed by atoms with Crippen molar-refractivity contribution in [3.8, 4) is 0 Å². The first-order valence-electron chi connectivity index (χ1n) is 11.1. The number of likely N-dealkylation sites (tertiary alicyclic amines) is 1. The third kappa shape index (κ3) is 5.10. The number of amides is 1. The maximum atomic E-state index is 12.9. The Morgan fingerprint density at radius 3 is 2.48 bits per heavy atom. The van der Waals surface area contributed by atoms with Crippen molar-refractivity contribution >= 4 is 29.2 Å². The Morgan fingerprint density at radius 2 is 1.84 bits per heavy atom. The van der Waals surface area contributed by atoms with E-state index in [9.17, 15) is 9.59 Å². The zero-order chi connectivity index (χ0) is 21.8. The Bertz CT molecular complexity index is 923. The summed E-state index contributed by atoms with van der Waals surface area (Å²) < 4.78 is 5.24. The molecule has 1 aliphatic heterocycles. The number of rotatable bonds is 7. The van der Waals surface area contributed by atoms with Crippen molar-refractivity contribution < 1.29 is 14.3 Å². The van der Waals surface area contributed by atoms with Crippen molar-refractivity contribution in [2.45, 2.75) is 44.6 Å². The average Bonchev–Trinajstić information content (AvgIpc) is 3.58. The standard InChI is InChI=1S/C25H29ClN2O3/c1-2-31-24(30)25(13-14-25)20-7-11-22(12-8-20)27-23(29)19-4-3-15-28(17-19)16-18-5-9-21(26)10-6-18/h5-12,19H,2-4,13-17H2,1H3,(H,27,29)/t19-/m1/s1. The number of carbonyl (C=O) groups is 2. The van der Waals surface area contributed by atoms with Gasteiger partial charge in [0.2, 0.25) is 5.91 Å². The number of nitrogens with one attached hydrogen (secondary N) is 1. The van der Waals surface area contributed by atoms with Crippen molar-refractivity contribution in [1.29, 1.82) is 0 Å². The maximum absolute atomic E-state index is 12.9. The van der Waals surface area contributed by atoms with Crippen molar-refractivity contribution in [2.24, 2.45) is 5.92 Å². The summed E-state index contributed by atoms with van der Waals surface area (Å²) in [7, 11) is 0. The largest absolute Gasteiger partial charge is 0.465 e. The number of halogens is 1. The Labute approximate surface area is 188 Å². The molecule has 2 aromatic rings. The van der Waals surface area contributed by atoms with Gasteiger partial charge >= 0.3 is 5.97 Å². The van der Waals surface area contributed by atoms with Gasteiger partial charge in [-0.3, -0.25) is 14.5 Å². The van der Waals surface area contributed by atoms with Gasteiger partial charge < -0.3 is 10.1 Å². The van der Waals surface area contributed by atoms with Crippen LogP contribution in [0.3, 0.4) is 0 Å². The molecular weight excluding hydrogens is 412 g/mol. The van der Waals surface area contributed by atoms with Gasteiger partial charge in [0, 0.05) is 23.8 Å². The van der Waals surface area contributed by atoms with E-state index >= 15 is 0 Å². The molecule has 0 radical (unpaired) electrons. The Kier molecular flexibility index (Phi) is 6.63. The van der Waals surface area contributed by atoms with Crippen LogP contribution in [0.2, 0.25) is 5.02 Å². The molecule has 164 valence electrons. The topological polar surface area (TPSA) is 58.6 Å². The number of piperidine rings is 1. The van der Waals surface area contributed by atoms with Crippen molar-refractivity contribution in [1.82, 2.24) is 4.90 Å². The Hall–Kier alpha value is -2.37. The van der Waals surface area contributed by atoms with E-state index in [1.807, 2.05) is 55.5 Å². The fourth-order valence-corrected chi connectivity index (χ4v) is 4.51. The van der Waals surface area contributed by atoms with E-state index in [0.717, 1.165) is 61.6 Å². The lowest BCUT2D eigenvalue weighted by Crippen LogP contribution is -2.40. The molecule has 5 nitrogen and oxygen atoms in total. The second-order valence-corrected chi connectivity index (χ2v) is 9.01. The number of hydrogen-bond donors (Lipinski definition) is 1. The summed E-state index contributed by atoms with van der Waals surface area (Å²) in [6.45, 7) is 4.79. The monoisotopic (exact) mass is 440 g/mol. The molecule has 4 rings (SSSR count). The zero-order valence-electron chi connectivity index (χ0n) is 17.9. The van der Waals surface area contributed by atoms with Crippen molar-refractivity contribution in [3.05, 3.63) is 64.7 Å². The predicted molar refractivity (Wildman–Crippen MR) is 122 cm³/mol. The summed E-state index contributed by atoms with van der Waals surface area (Å²) in [6.07, 6.45) is 3.55. The molecule has 0 spiro atoms. The molecule has 1 amide bonds. The van der Waals surface area contributed by atoms with Crippen LogP contribution in [0.15, 0.2) is 48.5 Å². The minimum absolute atomic E-state index is 0.0324. The number of anilines is 1. The van der Waals surface area contributed by atoms with Crippen LogP contribution in [0.25, 0.3) is 0 Å². The molecule has 1 saturated heterocycles. The molecule has 1 aliphatic carbocycles. The molecule has 2 aromatic carbocycles. The molecule has 0 unspecified atom stereocenters. The molecule has 1 saturated carbocycles. The first-order chi connectivity index (χ1) is 15.0. The molecule has 1 atom stereocenters. The smallest absolute Gasteiger partial charge is 0.316 e. The van der Waals surface area contributed by atoms with Crippen LogP contribution in [-0.2, 0) is 26.3 Å². The highest BCUT2D eigenvalue weighted by atomic mass is 35.5. The van der Waals surface area contributed by atoms with Crippen molar-refractivity contribution in [2.75, 3.05) is 25.0 Å². The van der Waals surface area contributed by atoms with Gasteiger partial charge in [0.1, 0.15) is 0 Å². The second kappa shape index (κ2) is 9.41. The van der Waals surface area contributed by atoms with E-state index in [0.29, 0.717) is 6.61 Å². The lowest BCUT2D eigenvalue weighted by atomic mass is 9.95. The van der Waals surface area contributed by atoms with E-state index < -0.39 is 5.41 Å². The molecule has 1 heterocycles. The molecule has 1 N–H and O–H groups in total. The van der Waals surface area contributed by atoms with Crippen LogP contribution in [0, 0.1) is 5.92 Å². The van der Waals surface area contributed by atoms with Gasteiger partial charge in [0.05, 0.1) is 17.9 Å². The molecule has 2 fully saturated rings. The van der Waals surface area contributed by atoms with Gasteiger partial charge in [-0.2, -0.15) is 0 Å². The average molecular weight is 441 g/mol. The van der Waals surface area contributed by atoms with E-state index in [2.05, 4.69) is 10.2 Å². The Morgan fingerprint density at radius 1 is 1.13 bits per heavy atom. The molecule has 0 aromatic heterocycles. The van der Waals surface area contributed by atoms with Crippen molar-refractivity contribution in [3.63, 3.8) is 0 Å².